The van der Waals surface area contributed by atoms with E-state index >= 15 is 0 Å². The Labute approximate surface area is 91.6 Å². The van der Waals surface area contributed by atoms with Gasteiger partial charge in [-0.25, -0.2) is 0 Å². The van der Waals surface area contributed by atoms with Crippen LogP contribution in [0.5, 0.6) is 0 Å². The molecule has 0 aromatic rings. The number of carbonyl (C=O) groups excluding carboxylic acids is 1. The highest BCUT2D eigenvalue weighted by Gasteiger charge is 2.23. The first-order chi connectivity index (χ1) is 7.15. The first-order valence-electron chi connectivity index (χ1n) is 5.78. The SMILES string of the molecule is CC[C@@H](C)NC(=O)CN1CC[C@@H](CO)C1. The van der Waals surface area contributed by atoms with Crippen molar-refractivity contribution < 1.29 is 9.90 Å². The third-order valence-electron chi connectivity index (χ3n) is 3.02. The molecule has 15 heavy (non-hydrogen) atoms. The summed E-state index contributed by atoms with van der Waals surface area (Å²) in [5.74, 6) is 0.462. The minimum absolute atomic E-state index is 0.0999. The summed E-state index contributed by atoms with van der Waals surface area (Å²) in [6, 6.07) is 0.258. The largest absolute Gasteiger partial charge is 0.396 e. The lowest BCUT2D eigenvalue weighted by molar-refractivity contribution is -0.122. The van der Waals surface area contributed by atoms with Gasteiger partial charge >= 0.3 is 0 Å². The Morgan fingerprint density at radius 2 is 2.40 bits per heavy atom. The smallest absolute Gasteiger partial charge is 0.234 e. The molecule has 88 valence electrons. The minimum Gasteiger partial charge on any atom is -0.396 e. The lowest BCUT2D eigenvalue weighted by Gasteiger charge is -2.17. The molecule has 0 radical (unpaired) electrons. The molecule has 2 N–H and O–H groups in total. The van der Waals surface area contributed by atoms with Crippen LogP contribution in [0.2, 0.25) is 0 Å². The molecule has 1 saturated heterocycles. The van der Waals surface area contributed by atoms with Crippen molar-refractivity contribution in [2.24, 2.45) is 5.92 Å². The van der Waals surface area contributed by atoms with E-state index in [0.717, 1.165) is 25.9 Å². The zero-order valence-corrected chi connectivity index (χ0v) is 9.70. The van der Waals surface area contributed by atoms with Crippen molar-refractivity contribution in [2.75, 3.05) is 26.2 Å². The van der Waals surface area contributed by atoms with Gasteiger partial charge in [-0.05, 0) is 32.2 Å². The Kier molecular flexibility index (Phi) is 5.05. The number of nitrogens with one attached hydrogen (secondary N) is 1. The maximum absolute atomic E-state index is 11.5. The zero-order chi connectivity index (χ0) is 11.3. The lowest BCUT2D eigenvalue weighted by atomic mass is 10.1. The average molecular weight is 214 g/mol. The monoisotopic (exact) mass is 214 g/mol. The summed E-state index contributed by atoms with van der Waals surface area (Å²) >= 11 is 0. The highest BCUT2D eigenvalue weighted by atomic mass is 16.3. The van der Waals surface area contributed by atoms with Crippen LogP contribution in [0.25, 0.3) is 0 Å². The highest BCUT2D eigenvalue weighted by Crippen LogP contribution is 2.14. The standard InChI is InChI=1S/C11H22N2O2/c1-3-9(2)12-11(15)7-13-5-4-10(6-13)8-14/h9-10,14H,3-8H2,1-2H3,(H,12,15)/t9-,10-/m1/s1. The average Bonchev–Trinajstić information content (AvgIpc) is 2.65. The highest BCUT2D eigenvalue weighted by molar-refractivity contribution is 5.78. The molecule has 1 aliphatic heterocycles. The Morgan fingerprint density at radius 3 is 2.93 bits per heavy atom. The van der Waals surface area contributed by atoms with Crippen molar-refractivity contribution >= 4 is 5.91 Å². The van der Waals surface area contributed by atoms with Crippen LogP contribution in [0.4, 0.5) is 0 Å². The van der Waals surface area contributed by atoms with Crippen molar-refractivity contribution in [1.29, 1.82) is 0 Å². The van der Waals surface area contributed by atoms with Crippen LogP contribution in [-0.4, -0.2) is 48.2 Å². The Bertz CT molecular complexity index is 209. The van der Waals surface area contributed by atoms with E-state index < -0.39 is 0 Å². The fourth-order valence-corrected chi connectivity index (χ4v) is 1.83. The molecule has 1 amide bonds. The van der Waals surface area contributed by atoms with E-state index in [1.165, 1.54) is 0 Å². The number of aliphatic hydroxyl groups excluding tert-OH is 1. The predicted octanol–water partition coefficient (Wildman–Crippen LogP) is 0.215. The van der Waals surface area contributed by atoms with Gasteiger partial charge in [0, 0.05) is 19.2 Å². The third-order valence-corrected chi connectivity index (χ3v) is 3.02. The second-order valence-electron chi connectivity index (χ2n) is 4.45. The van der Waals surface area contributed by atoms with E-state index in [0.29, 0.717) is 12.5 Å². The normalized spacial score (nSPS) is 24.1. The molecule has 0 aliphatic carbocycles. The predicted molar refractivity (Wildman–Crippen MR) is 59.5 cm³/mol. The third kappa shape index (κ3) is 4.18. The maximum atomic E-state index is 11.5. The Hall–Kier alpha value is -0.610. The van der Waals surface area contributed by atoms with E-state index in [1.54, 1.807) is 0 Å². The number of hydrogen-bond donors (Lipinski definition) is 2. The first-order valence-corrected chi connectivity index (χ1v) is 5.78. The van der Waals surface area contributed by atoms with Gasteiger partial charge in [0.2, 0.25) is 5.91 Å². The summed E-state index contributed by atoms with van der Waals surface area (Å²) in [5.41, 5.74) is 0. The molecular weight excluding hydrogens is 192 g/mol. The molecule has 1 heterocycles. The van der Waals surface area contributed by atoms with Crippen LogP contribution < -0.4 is 5.32 Å². The zero-order valence-electron chi connectivity index (χ0n) is 9.70. The second-order valence-corrected chi connectivity index (χ2v) is 4.45. The van der Waals surface area contributed by atoms with Crippen molar-refractivity contribution in [3.63, 3.8) is 0 Å². The molecule has 0 aromatic carbocycles. The minimum atomic E-state index is 0.0999. The van der Waals surface area contributed by atoms with Crippen LogP contribution in [0.1, 0.15) is 26.7 Å². The molecule has 1 aliphatic rings. The second kappa shape index (κ2) is 6.08. The maximum Gasteiger partial charge on any atom is 0.234 e. The van der Waals surface area contributed by atoms with Crippen molar-refractivity contribution in [3.8, 4) is 0 Å². The van der Waals surface area contributed by atoms with Crippen molar-refractivity contribution in [3.05, 3.63) is 0 Å². The molecule has 4 heteroatoms. The van der Waals surface area contributed by atoms with Crippen molar-refractivity contribution in [1.82, 2.24) is 10.2 Å². The molecular formula is C11H22N2O2. The number of nitrogens with zero attached hydrogens (tertiary/aromatic N) is 1. The number of likely N-dealkylation sites (tertiary alicyclic amines) is 1. The summed E-state index contributed by atoms with van der Waals surface area (Å²) in [7, 11) is 0. The van der Waals surface area contributed by atoms with Crippen LogP contribution in [0, 0.1) is 5.92 Å². The number of carbonyl (C=O) groups is 1. The van der Waals surface area contributed by atoms with Gasteiger partial charge in [0.25, 0.3) is 0 Å². The van der Waals surface area contributed by atoms with E-state index in [1.807, 2.05) is 6.92 Å². The molecule has 0 aromatic heterocycles. The van der Waals surface area contributed by atoms with Gasteiger partial charge in [-0.15, -0.1) is 0 Å². The summed E-state index contributed by atoms with van der Waals surface area (Å²) in [5, 5.41) is 11.9. The van der Waals surface area contributed by atoms with Gasteiger partial charge in [-0.2, -0.15) is 0 Å². The molecule has 1 fully saturated rings. The number of amides is 1. The molecule has 4 nitrogen and oxygen atoms in total. The van der Waals surface area contributed by atoms with Gasteiger partial charge in [-0.1, -0.05) is 6.92 Å². The quantitative estimate of drug-likeness (QED) is 0.688. The molecule has 0 unspecified atom stereocenters. The van der Waals surface area contributed by atoms with Crippen molar-refractivity contribution in [2.45, 2.75) is 32.7 Å². The summed E-state index contributed by atoms with van der Waals surface area (Å²) in [6.45, 7) is 6.56. The molecule has 0 bridgehead atoms. The van der Waals surface area contributed by atoms with Crippen LogP contribution in [-0.2, 0) is 4.79 Å². The number of aliphatic hydroxyl groups is 1. The molecule has 2 atom stereocenters. The van der Waals surface area contributed by atoms with E-state index in [9.17, 15) is 4.79 Å². The number of rotatable bonds is 5. The number of hydrogen-bond acceptors (Lipinski definition) is 3. The van der Waals surface area contributed by atoms with Gasteiger partial charge in [-0.3, -0.25) is 9.69 Å². The summed E-state index contributed by atoms with van der Waals surface area (Å²) in [4.78, 5) is 13.7. The van der Waals surface area contributed by atoms with Crippen LogP contribution in [0.3, 0.4) is 0 Å². The Morgan fingerprint density at radius 1 is 1.67 bits per heavy atom. The van der Waals surface area contributed by atoms with Gasteiger partial charge < -0.3 is 10.4 Å². The fraction of sp³-hybridized carbons (Fsp3) is 0.909. The van der Waals surface area contributed by atoms with Crippen LogP contribution in [0.15, 0.2) is 0 Å². The lowest BCUT2D eigenvalue weighted by Crippen LogP contribution is -2.40. The van der Waals surface area contributed by atoms with Gasteiger partial charge in [0.05, 0.1) is 6.54 Å². The van der Waals surface area contributed by atoms with Gasteiger partial charge in [0.1, 0.15) is 0 Å². The van der Waals surface area contributed by atoms with E-state index in [2.05, 4.69) is 17.1 Å². The van der Waals surface area contributed by atoms with E-state index in [4.69, 9.17) is 5.11 Å². The fourth-order valence-electron chi connectivity index (χ4n) is 1.83. The molecule has 0 spiro atoms. The Balaban J connectivity index is 2.21. The van der Waals surface area contributed by atoms with E-state index in [-0.39, 0.29) is 18.6 Å². The molecule has 0 saturated carbocycles. The van der Waals surface area contributed by atoms with Crippen LogP contribution >= 0.6 is 0 Å². The first kappa shape index (κ1) is 12.5. The molecule has 1 rings (SSSR count). The topological polar surface area (TPSA) is 52.6 Å². The van der Waals surface area contributed by atoms with Gasteiger partial charge in [0.15, 0.2) is 0 Å². The summed E-state index contributed by atoms with van der Waals surface area (Å²) < 4.78 is 0. The summed E-state index contributed by atoms with van der Waals surface area (Å²) in [6.07, 6.45) is 1.97.